The van der Waals surface area contributed by atoms with Crippen LogP contribution in [0.2, 0.25) is 0 Å². The molecule has 0 radical (unpaired) electrons. The summed E-state index contributed by atoms with van der Waals surface area (Å²) in [7, 11) is 1.71. The Bertz CT molecular complexity index is 400. The molecule has 3 unspecified atom stereocenters. The van der Waals surface area contributed by atoms with Gasteiger partial charge < -0.3 is 15.8 Å². The Kier molecular flexibility index (Phi) is 6.28. The average molecular weight is 285 g/mol. The van der Waals surface area contributed by atoms with Crippen molar-refractivity contribution in [1.29, 1.82) is 0 Å². The highest BCUT2D eigenvalue weighted by Gasteiger charge is 2.27. The number of amides is 1. The topological polar surface area (TPSA) is 64.3 Å². The number of hydrogen-bond donors (Lipinski definition) is 2. The Morgan fingerprint density at radius 3 is 2.63 bits per heavy atom. The summed E-state index contributed by atoms with van der Waals surface area (Å²) in [5, 5.41) is 3.00. The molecule has 0 saturated heterocycles. The third kappa shape index (κ3) is 4.20. The molecule has 1 aliphatic rings. The summed E-state index contributed by atoms with van der Waals surface area (Å²) in [5.41, 5.74) is 6.78. The first kappa shape index (κ1) is 16.0. The van der Waals surface area contributed by atoms with E-state index in [9.17, 15) is 4.79 Å². The van der Waals surface area contributed by atoms with E-state index >= 15 is 0 Å². The maximum atomic E-state index is 12.0. The van der Waals surface area contributed by atoms with Crippen LogP contribution >= 0.6 is 12.4 Å². The Morgan fingerprint density at radius 2 is 2.05 bits per heavy atom. The van der Waals surface area contributed by atoms with Crippen molar-refractivity contribution in [3.63, 3.8) is 0 Å². The van der Waals surface area contributed by atoms with Crippen LogP contribution in [0.1, 0.15) is 30.9 Å². The Hall–Kier alpha value is -1.10. The fourth-order valence-corrected chi connectivity index (χ4v) is 2.39. The lowest BCUT2D eigenvalue weighted by Crippen LogP contribution is -2.39. The van der Waals surface area contributed by atoms with Gasteiger partial charge in [0.15, 0.2) is 0 Å². The molecule has 1 fully saturated rings. The second-order valence-corrected chi connectivity index (χ2v) is 4.76. The Labute approximate surface area is 120 Å². The molecule has 1 aliphatic carbocycles. The minimum atomic E-state index is -0.590. The van der Waals surface area contributed by atoms with Crippen molar-refractivity contribution in [3.05, 3.63) is 35.9 Å². The van der Waals surface area contributed by atoms with Crippen LogP contribution in [-0.4, -0.2) is 25.2 Å². The van der Waals surface area contributed by atoms with Gasteiger partial charge in [0.05, 0.1) is 6.10 Å². The number of rotatable bonds is 4. The first-order chi connectivity index (χ1) is 8.70. The van der Waals surface area contributed by atoms with Gasteiger partial charge in [-0.15, -0.1) is 12.4 Å². The van der Waals surface area contributed by atoms with Gasteiger partial charge in [0.25, 0.3) is 0 Å². The smallest absolute Gasteiger partial charge is 0.241 e. The van der Waals surface area contributed by atoms with E-state index in [1.165, 1.54) is 0 Å². The summed E-state index contributed by atoms with van der Waals surface area (Å²) < 4.78 is 5.29. The van der Waals surface area contributed by atoms with Crippen LogP contribution in [0.3, 0.4) is 0 Å². The predicted molar refractivity (Wildman–Crippen MR) is 77.2 cm³/mol. The van der Waals surface area contributed by atoms with Gasteiger partial charge in [0.2, 0.25) is 5.91 Å². The molecule has 3 N–H and O–H groups in total. The average Bonchev–Trinajstić information content (AvgIpc) is 2.86. The number of halogens is 1. The van der Waals surface area contributed by atoms with Crippen LogP contribution in [-0.2, 0) is 9.53 Å². The van der Waals surface area contributed by atoms with Crippen molar-refractivity contribution in [2.24, 2.45) is 5.73 Å². The molecule has 3 atom stereocenters. The van der Waals surface area contributed by atoms with E-state index in [1.807, 2.05) is 30.3 Å². The molecule has 1 amide bonds. The molecule has 0 bridgehead atoms. The molecule has 1 aromatic carbocycles. The number of carbonyl (C=O) groups is 1. The number of benzene rings is 1. The van der Waals surface area contributed by atoms with Gasteiger partial charge in [-0.3, -0.25) is 4.79 Å². The summed E-state index contributed by atoms with van der Waals surface area (Å²) in [6.07, 6.45) is 3.11. The largest absolute Gasteiger partial charge is 0.381 e. The fourth-order valence-electron chi connectivity index (χ4n) is 2.39. The van der Waals surface area contributed by atoms with Crippen LogP contribution in [0.4, 0.5) is 0 Å². The molecule has 5 heteroatoms. The summed E-state index contributed by atoms with van der Waals surface area (Å²) >= 11 is 0. The maximum absolute atomic E-state index is 12.0. The summed E-state index contributed by atoms with van der Waals surface area (Å²) in [5.74, 6) is -0.108. The fraction of sp³-hybridized carbons (Fsp3) is 0.500. The molecule has 2 rings (SSSR count). The first-order valence-electron chi connectivity index (χ1n) is 6.34. The van der Waals surface area contributed by atoms with E-state index in [4.69, 9.17) is 10.5 Å². The SMILES string of the molecule is COC1CCC(NC(=O)C(N)c2ccccc2)C1.Cl. The van der Waals surface area contributed by atoms with Crippen LogP contribution in [0.15, 0.2) is 30.3 Å². The molecule has 1 aromatic rings. The van der Waals surface area contributed by atoms with Gasteiger partial charge in [0, 0.05) is 13.2 Å². The molecule has 0 spiro atoms. The van der Waals surface area contributed by atoms with Gasteiger partial charge >= 0.3 is 0 Å². The molecular weight excluding hydrogens is 264 g/mol. The van der Waals surface area contributed by atoms with E-state index < -0.39 is 6.04 Å². The minimum absolute atomic E-state index is 0. The summed E-state index contributed by atoms with van der Waals surface area (Å²) in [6, 6.07) is 9.03. The molecular formula is C14H21ClN2O2. The molecule has 0 aromatic heterocycles. The zero-order chi connectivity index (χ0) is 13.0. The van der Waals surface area contributed by atoms with Crippen LogP contribution in [0.25, 0.3) is 0 Å². The Balaban J connectivity index is 0.00000180. The van der Waals surface area contributed by atoms with Crippen LogP contribution in [0.5, 0.6) is 0 Å². The van der Waals surface area contributed by atoms with Crippen molar-refractivity contribution in [1.82, 2.24) is 5.32 Å². The van der Waals surface area contributed by atoms with Gasteiger partial charge in [-0.25, -0.2) is 0 Å². The second kappa shape index (κ2) is 7.48. The van der Waals surface area contributed by atoms with Gasteiger partial charge in [-0.05, 0) is 24.8 Å². The highest BCUT2D eigenvalue weighted by Crippen LogP contribution is 2.22. The molecule has 1 saturated carbocycles. The van der Waals surface area contributed by atoms with E-state index in [-0.39, 0.29) is 30.5 Å². The predicted octanol–water partition coefficient (Wildman–Crippen LogP) is 1.79. The van der Waals surface area contributed by atoms with E-state index in [2.05, 4.69) is 5.32 Å². The molecule has 0 aliphatic heterocycles. The first-order valence-corrected chi connectivity index (χ1v) is 6.34. The highest BCUT2D eigenvalue weighted by atomic mass is 35.5. The summed E-state index contributed by atoms with van der Waals surface area (Å²) in [4.78, 5) is 12.0. The third-order valence-corrected chi connectivity index (χ3v) is 3.51. The van der Waals surface area contributed by atoms with Gasteiger partial charge in [-0.2, -0.15) is 0 Å². The van der Waals surface area contributed by atoms with E-state index in [0.29, 0.717) is 0 Å². The molecule has 4 nitrogen and oxygen atoms in total. The second-order valence-electron chi connectivity index (χ2n) is 4.76. The maximum Gasteiger partial charge on any atom is 0.241 e. The lowest BCUT2D eigenvalue weighted by molar-refractivity contribution is -0.123. The Morgan fingerprint density at radius 1 is 1.37 bits per heavy atom. The highest BCUT2D eigenvalue weighted by molar-refractivity contribution is 5.85. The number of carbonyl (C=O) groups excluding carboxylic acids is 1. The number of ether oxygens (including phenoxy) is 1. The van der Waals surface area contributed by atoms with Crippen LogP contribution in [0, 0.1) is 0 Å². The lowest BCUT2D eigenvalue weighted by Gasteiger charge is -2.17. The van der Waals surface area contributed by atoms with Crippen molar-refractivity contribution in [3.8, 4) is 0 Å². The lowest BCUT2D eigenvalue weighted by atomic mass is 10.1. The molecule has 106 valence electrons. The molecule has 0 heterocycles. The zero-order valence-electron chi connectivity index (χ0n) is 11.0. The minimum Gasteiger partial charge on any atom is -0.381 e. The quantitative estimate of drug-likeness (QED) is 0.886. The van der Waals surface area contributed by atoms with Gasteiger partial charge in [-0.1, -0.05) is 30.3 Å². The number of nitrogens with one attached hydrogen (secondary N) is 1. The van der Waals surface area contributed by atoms with Crippen molar-refractivity contribution in [2.75, 3.05) is 7.11 Å². The van der Waals surface area contributed by atoms with Gasteiger partial charge in [0.1, 0.15) is 6.04 Å². The third-order valence-electron chi connectivity index (χ3n) is 3.51. The number of nitrogens with two attached hydrogens (primary N) is 1. The standard InChI is InChI=1S/C14H20N2O2.ClH/c1-18-12-8-7-11(9-12)16-14(17)13(15)10-5-3-2-4-6-10;/h2-6,11-13H,7-9,15H2,1H3,(H,16,17);1H. The van der Waals surface area contributed by atoms with Crippen LogP contribution < -0.4 is 11.1 Å². The van der Waals surface area contributed by atoms with E-state index in [0.717, 1.165) is 24.8 Å². The summed E-state index contributed by atoms with van der Waals surface area (Å²) in [6.45, 7) is 0. The van der Waals surface area contributed by atoms with Crippen molar-refractivity contribution in [2.45, 2.75) is 37.5 Å². The monoisotopic (exact) mass is 284 g/mol. The number of hydrogen-bond acceptors (Lipinski definition) is 3. The normalized spacial score (nSPS) is 23.5. The van der Waals surface area contributed by atoms with Crippen molar-refractivity contribution < 1.29 is 9.53 Å². The zero-order valence-corrected chi connectivity index (χ0v) is 11.9. The van der Waals surface area contributed by atoms with Crippen molar-refractivity contribution >= 4 is 18.3 Å². The number of methoxy groups -OCH3 is 1. The van der Waals surface area contributed by atoms with E-state index in [1.54, 1.807) is 7.11 Å². The molecule has 19 heavy (non-hydrogen) atoms.